The van der Waals surface area contributed by atoms with Gasteiger partial charge in [-0.1, -0.05) is 13.3 Å². The number of nitrogens with one attached hydrogen (secondary N) is 1. The highest BCUT2D eigenvalue weighted by Gasteiger charge is 2.50. The van der Waals surface area contributed by atoms with E-state index in [0.29, 0.717) is 18.8 Å². The summed E-state index contributed by atoms with van der Waals surface area (Å²) in [6, 6.07) is 1.99. The summed E-state index contributed by atoms with van der Waals surface area (Å²) in [5.74, 6) is 1.71. The van der Waals surface area contributed by atoms with Crippen LogP contribution in [0.2, 0.25) is 0 Å². The van der Waals surface area contributed by atoms with E-state index in [2.05, 4.69) is 35.9 Å². The number of nitrogens with zero attached hydrogens (tertiary/aromatic N) is 5. The molecule has 148 valence electrons. The Morgan fingerprint density at radius 2 is 2.18 bits per heavy atom. The molecule has 0 aliphatic heterocycles. The van der Waals surface area contributed by atoms with Gasteiger partial charge in [0.2, 0.25) is 0 Å². The zero-order chi connectivity index (χ0) is 19.5. The molecule has 0 spiro atoms. The van der Waals surface area contributed by atoms with E-state index in [9.17, 15) is 8.42 Å². The van der Waals surface area contributed by atoms with Gasteiger partial charge >= 0.3 is 0 Å². The Hall–Kier alpha value is -2.29. The summed E-state index contributed by atoms with van der Waals surface area (Å²) in [6.45, 7) is 3.96. The quantitative estimate of drug-likeness (QED) is 0.663. The van der Waals surface area contributed by atoms with E-state index in [1.54, 1.807) is 19.3 Å². The minimum atomic E-state index is -3.40. The Kier molecular flexibility index (Phi) is 3.88. The van der Waals surface area contributed by atoms with Gasteiger partial charge < -0.3 is 4.98 Å². The molecule has 0 saturated heterocycles. The van der Waals surface area contributed by atoms with E-state index in [0.717, 1.165) is 41.9 Å². The average Bonchev–Trinajstić information content (AvgIpc) is 3.09. The lowest BCUT2D eigenvalue weighted by atomic mass is 9.93. The molecule has 0 bridgehead atoms. The van der Waals surface area contributed by atoms with E-state index in [-0.39, 0.29) is 11.8 Å². The van der Waals surface area contributed by atoms with Crippen LogP contribution >= 0.6 is 0 Å². The fourth-order valence-corrected chi connectivity index (χ4v) is 5.63. The van der Waals surface area contributed by atoms with Crippen LogP contribution in [-0.4, -0.2) is 43.9 Å². The van der Waals surface area contributed by atoms with Crippen LogP contribution in [0.1, 0.15) is 57.7 Å². The number of hydrogen-bond donors (Lipinski definition) is 1. The first-order chi connectivity index (χ1) is 13.4. The molecule has 5 rings (SSSR count). The van der Waals surface area contributed by atoms with E-state index >= 15 is 0 Å². The van der Waals surface area contributed by atoms with Gasteiger partial charge in [-0.05, 0) is 50.5 Å². The maximum Gasteiger partial charge on any atom is 0.258 e. The first kappa shape index (κ1) is 17.8. The molecule has 3 heterocycles. The summed E-state index contributed by atoms with van der Waals surface area (Å²) in [4.78, 5) is 7.52. The predicted octanol–water partition coefficient (Wildman–Crippen LogP) is 3.08. The topological polar surface area (TPSA) is 105 Å². The number of rotatable bonds is 5. The summed E-state index contributed by atoms with van der Waals surface area (Å²) >= 11 is 0. The maximum absolute atomic E-state index is 12.4. The van der Waals surface area contributed by atoms with Gasteiger partial charge in [0.25, 0.3) is 10.0 Å². The van der Waals surface area contributed by atoms with Crippen molar-refractivity contribution >= 4 is 33.0 Å². The zero-order valence-electron chi connectivity index (χ0n) is 16.0. The smallest absolute Gasteiger partial charge is 0.258 e. The van der Waals surface area contributed by atoms with Crippen LogP contribution in [-0.2, 0) is 10.0 Å². The summed E-state index contributed by atoms with van der Waals surface area (Å²) in [5, 5.41) is 8.81. The predicted molar refractivity (Wildman–Crippen MR) is 107 cm³/mol. The molecule has 8 nitrogen and oxygen atoms in total. The Morgan fingerprint density at radius 3 is 2.93 bits per heavy atom. The zero-order valence-corrected chi connectivity index (χ0v) is 16.9. The molecular weight excluding hydrogens is 376 g/mol. The molecule has 9 heteroatoms. The number of aromatic nitrogens is 5. The van der Waals surface area contributed by atoms with Crippen molar-refractivity contribution in [1.82, 2.24) is 24.6 Å². The summed E-state index contributed by atoms with van der Waals surface area (Å²) in [7, 11) is -3.40. The maximum atomic E-state index is 12.4. The molecule has 2 aliphatic rings. The Morgan fingerprint density at radius 1 is 1.36 bits per heavy atom. The van der Waals surface area contributed by atoms with Crippen LogP contribution in [0.15, 0.2) is 22.9 Å². The van der Waals surface area contributed by atoms with E-state index in [4.69, 9.17) is 0 Å². The molecule has 3 aromatic rings. The Balaban J connectivity index is 1.47. The van der Waals surface area contributed by atoms with Crippen molar-refractivity contribution in [2.75, 3.05) is 0 Å². The first-order valence-corrected chi connectivity index (χ1v) is 11.3. The van der Waals surface area contributed by atoms with Crippen molar-refractivity contribution in [3.63, 3.8) is 0 Å². The number of sulfonamides is 1. The first-order valence-electron chi connectivity index (χ1n) is 9.89. The van der Waals surface area contributed by atoms with Gasteiger partial charge in [-0.2, -0.15) is 4.40 Å². The van der Waals surface area contributed by atoms with Crippen molar-refractivity contribution < 1.29 is 8.42 Å². The molecule has 3 atom stereocenters. The lowest BCUT2D eigenvalue weighted by molar-refractivity contribution is 0.450. The number of aromatic amines is 1. The van der Waals surface area contributed by atoms with Crippen molar-refractivity contribution in [3.8, 4) is 0 Å². The van der Waals surface area contributed by atoms with Crippen molar-refractivity contribution in [2.45, 2.75) is 56.6 Å². The second-order valence-electron chi connectivity index (χ2n) is 8.41. The summed E-state index contributed by atoms with van der Waals surface area (Å²) in [5.41, 5.74) is 2.51. The van der Waals surface area contributed by atoms with Crippen LogP contribution in [0, 0.1) is 11.8 Å². The van der Waals surface area contributed by atoms with E-state index < -0.39 is 14.8 Å². The molecular formula is C19H24N6O2S. The third-order valence-electron chi connectivity index (χ3n) is 6.54. The molecule has 0 aromatic carbocycles. The molecule has 0 amide bonds. The van der Waals surface area contributed by atoms with Crippen molar-refractivity contribution in [2.24, 2.45) is 16.2 Å². The number of fused-ring (bicyclic) bond motifs is 3. The van der Waals surface area contributed by atoms with Crippen LogP contribution in [0.5, 0.6) is 0 Å². The van der Waals surface area contributed by atoms with Gasteiger partial charge in [-0.3, -0.25) is 4.40 Å². The Bertz CT molecular complexity index is 1170. The molecule has 2 aliphatic carbocycles. The molecule has 0 radical (unpaired) electrons. The minimum Gasteiger partial charge on any atom is -0.345 e. The molecule has 3 aromatic heterocycles. The van der Waals surface area contributed by atoms with Gasteiger partial charge in [0, 0.05) is 18.3 Å². The van der Waals surface area contributed by atoms with E-state index in [1.807, 2.05) is 12.3 Å². The second-order valence-corrected chi connectivity index (χ2v) is 10.6. The largest absolute Gasteiger partial charge is 0.345 e. The highest BCUT2D eigenvalue weighted by Crippen LogP contribution is 2.46. The highest BCUT2D eigenvalue weighted by atomic mass is 32.2. The van der Waals surface area contributed by atoms with E-state index in [1.165, 1.54) is 0 Å². The molecule has 28 heavy (non-hydrogen) atoms. The van der Waals surface area contributed by atoms with Crippen molar-refractivity contribution in [3.05, 3.63) is 24.3 Å². The second kappa shape index (κ2) is 6.10. The van der Waals surface area contributed by atoms with Gasteiger partial charge in [0.05, 0.1) is 16.5 Å². The fraction of sp³-hybridized carbons (Fsp3) is 0.579. The van der Waals surface area contributed by atoms with Crippen LogP contribution in [0.3, 0.4) is 0 Å². The monoisotopic (exact) mass is 400 g/mol. The fourth-order valence-electron chi connectivity index (χ4n) is 4.42. The lowest BCUT2D eigenvalue weighted by Gasteiger charge is -2.16. The number of hydrogen-bond acceptors (Lipinski definition) is 5. The van der Waals surface area contributed by atoms with Gasteiger partial charge in [-0.15, -0.1) is 10.2 Å². The average molecular weight is 401 g/mol. The van der Waals surface area contributed by atoms with Gasteiger partial charge in [0.1, 0.15) is 5.82 Å². The molecule has 2 fully saturated rings. The van der Waals surface area contributed by atoms with Gasteiger partial charge in [-0.25, -0.2) is 13.4 Å². The summed E-state index contributed by atoms with van der Waals surface area (Å²) < 4.78 is 30.3. The molecule has 2 saturated carbocycles. The SMILES string of the molecule is CC[C@@H]1CC(C=NS(=O)(=O)C2(C)CC2)C[C@@H]1c1nnc2cnc3[nH]ccc3n12. The van der Waals surface area contributed by atoms with Crippen LogP contribution < -0.4 is 0 Å². The lowest BCUT2D eigenvalue weighted by Crippen LogP contribution is -2.17. The third kappa shape index (κ3) is 2.67. The molecule has 1 unspecified atom stereocenters. The van der Waals surface area contributed by atoms with Crippen LogP contribution in [0.4, 0.5) is 0 Å². The van der Waals surface area contributed by atoms with Gasteiger partial charge in [0.15, 0.2) is 11.3 Å². The highest BCUT2D eigenvalue weighted by molar-refractivity contribution is 7.91. The standard InChI is InChI=1S/C19H24N6O2S/c1-3-13-8-12(10-22-28(26,27)19(2)5-6-19)9-14(13)18-24-23-16-11-21-17-15(25(16)18)4-7-20-17/h4,7,10-14,20H,3,5-6,8-9H2,1-2H3/t12?,13-,14+/m1/s1. The normalized spacial score (nSPS) is 27.3. The Labute approximate surface area is 163 Å². The minimum absolute atomic E-state index is 0.142. The molecule has 1 N–H and O–H groups in total. The van der Waals surface area contributed by atoms with Crippen LogP contribution in [0.25, 0.3) is 16.8 Å². The third-order valence-corrected chi connectivity index (χ3v) is 8.59. The summed E-state index contributed by atoms with van der Waals surface area (Å²) in [6.07, 6.45) is 9.47. The number of H-pyrrole nitrogens is 1. The van der Waals surface area contributed by atoms with Crippen molar-refractivity contribution in [1.29, 1.82) is 0 Å².